The number of carbonyl (C=O) groups excluding carboxylic acids is 3. The molecule has 0 aliphatic rings. The lowest BCUT2D eigenvalue weighted by atomic mass is 10.1. The van der Waals surface area contributed by atoms with Gasteiger partial charge in [0.05, 0.1) is 11.8 Å². The molecule has 0 unspecified atom stereocenters. The van der Waals surface area contributed by atoms with Gasteiger partial charge in [-0.3, -0.25) is 9.59 Å². The molecule has 0 atom stereocenters. The number of rotatable bonds is 7. The number of aryl methyl sites for hydroxylation is 1. The van der Waals surface area contributed by atoms with Crippen LogP contribution in [0.4, 0.5) is 5.69 Å². The molecule has 1 N–H and O–H groups in total. The minimum atomic E-state index is -0.607. The fourth-order valence-electron chi connectivity index (χ4n) is 3.44. The molecular weight excluding hydrogens is 384 g/mol. The van der Waals surface area contributed by atoms with Gasteiger partial charge in [-0.15, -0.1) is 0 Å². The molecule has 0 saturated heterocycles. The molecule has 1 aromatic carbocycles. The van der Waals surface area contributed by atoms with Crippen LogP contribution < -0.4 is 5.32 Å². The maximum absolute atomic E-state index is 12.5. The monoisotopic (exact) mass is 408 g/mol. The second-order valence-corrected chi connectivity index (χ2v) is 7.26. The summed E-state index contributed by atoms with van der Waals surface area (Å²) < 4.78 is 12.3. The van der Waals surface area contributed by atoms with E-state index < -0.39 is 5.97 Å². The number of benzene rings is 1. The summed E-state index contributed by atoms with van der Waals surface area (Å²) in [5, 5.41) is 2.66. The first kappa shape index (κ1) is 21.1. The van der Waals surface area contributed by atoms with Gasteiger partial charge in [-0.05, 0) is 70.2 Å². The Hall–Kier alpha value is -3.61. The van der Waals surface area contributed by atoms with Crippen molar-refractivity contribution in [3.05, 3.63) is 77.0 Å². The third kappa shape index (κ3) is 4.51. The predicted octanol–water partition coefficient (Wildman–Crippen LogP) is 4.57. The molecule has 0 saturated carbocycles. The van der Waals surface area contributed by atoms with Crippen LogP contribution >= 0.6 is 0 Å². The standard InChI is InChI=1S/C23H24N2O5/c1-14(2)25-15(3)12-19(16(25)4)20(26)13-30-23(28)17-7-9-18(10-8-17)24-22(27)21-6-5-11-29-21/h5-12,14H,13H2,1-4H3,(H,24,27). The van der Waals surface area contributed by atoms with E-state index in [1.807, 2.05) is 19.9 Å². The summed E-state index contributed by atoms with van der Waals surface area (Å²) in [6, 6.07) is 11.4. The highest BCUT2D eigenvalue weighted by molar-refractivity contribution is 6.03. The fraction of sp³-hybridized carbons (Fsp3) is 0.261. The molecule has 2 heterocycles. The number of aromatic nitrogens is 1. The lowest BCUT2D eigenvalue weighted by Crippen LogP contribution is -2.15. The van der Waals surface area contributed by atoms with E-state index in [0.29, 0.717) is 11.3 Å². The molecular formula is C23H24N2O5. The lowest BCUT2D eigenvalue weighted by molar-refractivity contribution is 0.0474. The van der Waals surface area contributed by atoms with Gasteiger partial charge in [0, 0.05) is 28.7 Å². The van der Waals surface area contributed by atoms with Crippen molar-refractivity contribution in [2.75, 3.05) is 11.9 Å². The second-order valence-electron chi connectivity index (χ2n) is 7.26. The van der Waals surface area contributed by atoms with Crippen molar-refractivity contribution in [2.45, 2.75) is 33.7 Å². The molecule has 0 spiro atoms. The Balaban J connectivity index is 1.59. The number of hydrogen-bond donors (Lipinski definition) is 1. The van der Waals surface area contributed by atoms with Gasteiger partial charge in [-0.25, -0.2) is 4.79 Å². The SMILES string of the molecule is Cc1cc(C(=O)COC(=O)c2ccc(NC(=O)c3ccco3)cc2)c(C)n1C(C)C. The molecule has 0 aliphatic heterocycles. The van der Waals surface area contributed by atoms with Gasteiger partial charge in [0.2, 0.25) is 5.78 Å². The predicted molar refractivity (Wildman–Crippen MR) is 112 cm³/mol. The molecule has 0 fully saturated rings. The van der Waals surface area contributed by atoms with Crippen molar-refractivity contribution in [1.29, 1.82) is 0 Å². The average molecular weight is 408 g/mol. The normalized spacial score (nSPS) is 10.8. The van der Waals surface area contributed by atoms with Gasteiger partial charge in [0.1, 0.15) is 0 Å². The maximum Gasteiger partial charge on any atom is 0.338 e. The van der Waals surface area contributed by atoms with Crippen LogP contribution in [-0.4, -0.2) is 28.8 Å². The molecule has 156 valence electrons. The molecule has 0 bridgehead atoms. The lowest BCUT2D eigenvalue weighted by Gasteiger charge is -2.13. The maximum atomic E-state index is 12.5. The topological polar surface area (TPSA) is 90.5 Å². The zero-order chi connectivity index (χ0) is 21.8. The number of hydrogen-bond acceptors (Lipinski definition) is 5. The third-order valence-corrected chi connectivity index (χ3v) is 4.76. The number of nitrogens with zero attached hydrogens (tertiary/aromatic N) is 1. The van der Waals surface area contributed by atoms with Gasteiger partial charge in [-0.1, -0.05) is 0 Å². The summed E-state index contributed by atoms with van der Waals surface area (Å²) >= 11 is 0. The summed E-state index contributed by atoms with van der Waals surface area (Å²) in [6.07, 6.45) is 1.41. The quantitative estimate of drug-likeness (QED) is 0.457. The minimum absolute atomic E-state index is 0.189. The number of ether oxygens (including phenoxy) is 1. The highest BCUT2D eigenvalue weighted by atomic mass is 16.5. The van der Waals surface area contributed by atoms with E-state index in [-0.39, 0.29) is 35.7 Å². The van der Waals surface area contributed by atoms with Gasteiger partial charge in [0.15, 0.2) is 12.4 Å². The Kier molecular flexibility index (Phi) is 6.20. The van der Waals surface area contributed by atoms with Gasteiger partial charge in [-0.2, -0.15) is 0 Å². The van der Waals surface area contributed by atoms with Gasteiger partial charge in [0.25, 0.3) is 5.91 Å². The van der Waals surface area contributed by atoms with Crippen molar-refractivity contribution in [1.82, 2.24) is 4.57 Å². The zero-order valence-electron chi connectivity index (χ0n) is 17.4. The first-order valence-electron chi connectivity index (χ1n) is 9.61. The van der Waals surface area contributed by atoms with Gasteiger partial charge >= 0.3 is 5.97 Å². The van der Waals surface area contributed by atoms with Crippen LogP contribution in [0.15, 0.2) is 53.1 Å². The highest BCUT2D eigenvalue weighted by Crippen LogP contribution is 2.21. The van der Waals surface area contributed by atoms with E-state index >= 15 is 0 Å². The van der Waals surface area contributed by atoms with E-state index in [1.165, 1.54) is 18.4 Å². The zero-order valence-corrected chi connectivity index (χ0v) is 17.4. The molecule has 0 aliphatic carbocycles. The van der Waals surface area contributed by atoms with Crippen molar-refractivity contribution >= 4 is 23.3 Å². The Labute approximate surface area is 174 Å². The van der Waals surface area contributed by atoms with Crippen LogP contribution in [0.3, 0.4) is 0 Å². The fourth-order valence-corrected chi connectivity index (χ4v) is 3.44. The molecule has 30 heavy (non-hydrogen) atoms. The third-order valence-electron chi connectivity index (χ3n) is 4.76. The number of nitrogens with one attached hydrogen (secondary N) is 1. The van der Waals surface area contributed by atoms with Crippen molar-refractivity contribution in [2.24, 2.45) is 0 Å². The average Bonchev–Trinajstić information content (AvgIpc) is 3.34. The van der Waals surface area contributed by atoms with Crippen LogP contribution in [0, 0.1) is 13.8 Å². The van der Waals surface area contributed by atoms with E-state index in [0.717, 1.165) is 11.4 Å². The molecule has 3 rings (SSSR count). The van der Waals surface area contributed by atoms with Crippen LogP contribution in [0.25, 0.3) is 0 Å². The Morgan fingerprint density at radius 2 is 1.80 bits per heavy atom. The van der Waals surface area contributed by atoms with E-state index in [1.54, 1.807) is 24.3 Å². The molecule has 1 amide bonds. The minimum Gasteiger partial charge on any atom is -0.459 e. The van der Waals surface area contributed by atoms with Crippen LogP contribution in [0.1, 0.15) is 62.5 Å². The van der Waals surface area contributed by atoms with Gasteiger partial charge < -0.3 is 19.0 Å². The first-order valence-corrected chi connectivity index (χ1v) is 9.61. The summed E-state index contributed by atoms with van der Waals surface area (Å²) in [4.78, 5) is 36.8. The van der Waals surface area contributed by atoms with E-state index in [4.69, 9.17) is 9.15 Å². The Bertz CT molecular complexity index is 1060. The summed E-state index contributed by atoms with van der Waals surface area (Å²) in [7, 11) is 0. The second kappa shape index (κ2) is 8.82. The molecule has 3 aromatic rings. The number of ketones is 1. The van der Waals surface area contributed by atoms with Crippen LogP contribution in [-0.2, 0) is 4.74 Å². The van der Waals surface area contributed by atoms with E-state index in [2.05, 4.69) is 23.7 Å². The molecule has 0 radical (unpaired) electrons. The smallest absolute Gasteiger partial charge is 0.338 e. The number of amides is 1. The number of carbonyl (C=O) groups is 3. The number of anilines is 1. The van der Waals surface area contributed by atoms with Crippen molar-refractivity contribution < 1.29 is 23.5 Å². The number of esters is 1. The van der Waals surface area contributed by atoms with E-state index in [9.17, 15) is 14.4 Å². The van der Waals surface area contributed by atoms with Crippen LogP contribution in [0.5, 0.6) is 0 Å². The Morgan fingerprint density at radius 1 is 1.10 bits per heavy atom. The summed E-state index contributed by atoms with van der Waals surface area (Å²) in [5.74, 6) is -1.05. The number of furan rings is 1. The molecule has 7 nitrogen and oxygen atoms in total. The molecule has 2 aromatic heterocycles. The largest absolute Gasteiger partial charge is 0.459 e. The molecule has 7 heteroatoms. The number of Topliss-reactive ketones (excluding diaryl/α,β-unsaturated/α-hetero) is 1. The van der Waals surface area contributed by atoms with Crippen LogP contribution in [0.2, 0.25) is 0 Å². The first-order chi connectivity index (χ1) is 14.3. The summed E-state index contributed by atoms with van der Waals surface area (Å²) in [6.45, 7) is 7.60. The summed E-state index contributed by atoms with van der Waals surface area (Å²) in [5.41, 5.74) is 3.20. The Morgan fingerprint density at radius 3 is 2.37 bits per heavy atom. The highest BCUT2D eigenvalue weighted by Gasteiger charge is 2.19. The van der Waals surface area contributed by atoms with Crippen molar-refractivity contribution in [3.8, 4) is 0 Å². The van der Waals surface area contributed by atoms with Crippen molar-refractivity contribution in [3.63, 3.8) is 0 Å².